The molecule has 0 amide bonds. The van der Waals surface area contributed by atoms with Gasteiger partial charge in [-0.05, 0) is 61.6 Å². The van der Waals surface area contributed by atoms with Crippen LogP contribution >= 0.6 is 0 Å². The quantitative estimate of drug-likeness (QED) is 0.0922. The average Bonchev–Trinajstić information content (AvgIpc) is 3.02. The number of carbonyl (C=O) groups is 2. The van der Waals surface area contributed by atoms with E-state index in [1.807, 2.05) is 31.2 Å². The van der Waals surface area contributed by atoms with Crippen molar-refractivity contribution in [1.29, 1.82) is 0 Å². The summed E-state index contributed by atoms with van der Waals surface area (Å²) in [5.41, 5.74) is -1.18. The van der Waals surface area contributed by atoms with Crippen LogP contribution in [-0.4, -0.2) is 29.8 Å². The number of carboxylic acids is 1. The van der Waals surface area contributed by atoms with Crippen LogP contribution in [0.3, 0.4) is 0 Å². The Morgan fingerprint density at radius 2 is 1.48 bits per heavy atom. The van der Waals surface area contributed by atoms with E-state index in [1.165, 1.54) is 62.8 Å². The zero-order valence-electron chi connectivity index (χ0n) is 26.9. The number of allylic oxidation sites excluding steroid dienone is 2. The standard InChI is InChI=1S/C38H51FO5/c1-4-6-8-10-11-12-13-17-27-43-32-23-21-30(22-24-32)31-25-26-38(37(41)42,35(39)28-31)34-20-16-15-19-33(34)36(40)44-29(3)18-14-9-7-5-2/h15-16,19-26,28-29,31H,4-14,17-18,27H2,1-3H3,(H,41,42)/t29-,31?,38?/m1/s1. The van der Waals surface area contributed by atoms with Crippen molar-refractivity contribution < 1.29 is 28.6 Å². The molecule has 0 aromatic heterocycles. The van der Waals surface area contributed by atoms with Crippen LogP contribution in [0.15, 0.2) is 72.6 Å². The van der Waals surface area contributed by atoms with Crippen LogP contribution in [0.25, 0.3) is 0 Å². The van der Waals surface area contributed by atoms with Crippen molar-refractivity contribution in [2.75, 3.05) is 6.61 Å². The molecular weight excluding hydrogens is 555 g/mol. The zero-order valence-corrected chi connectivity index (χ0v) is 26.9. The number of carboxylic acid groups (broad SMARTS) is 1. The number of hydrogen-bond acceptors (Lipinski definition) is 4. The lowest BCUT2D eigenvalue weighted by molar-refractivity contribution is -0.141. The molecule has 1 aliphatic carbocycles. The van der Waals surface area contributed by atoms with E-state index >= 15 is 4.39 Å². The molecule has 3 rings (SSSR count). The van der Waals surface area contributed by atoms with Crippen molar-refractivity contribution in [2.24, 2.45) is 0 Å². The molecule has 2 aromatic rings. The fourth-order valence-corrected chi connectivity index (χ4v) is 5.77. The lowest BCUT2D eigenvalue weighted by atomic mass is 9.72. The third-order valence-corrected chi connectivity index (χ3v) is 8.47. The van der Waals surface area contributed by atoms with E-state index in [1.54, 1.807) is 18.2 Å². The lowest BCUT2D eigenvalue weighted by Crippen LogP contribution is -2.38. The number of carbonyl (C=O) groups excluding carboxylic acids is 1. The van der Waals surface area contributed by atoms with Gasteiger partial charge in [-0.3, -0.25) is 4.79 Å². The monoisotopic (exact) mass is 606 g/mol. The van der Waals surface area contributed by atoms with Gasteiger partial charge < -0.3 is 14.6 Å². The summed E-state index contributed by atoms with van der Waals surface area (Å²) < 4.78 is 27.6. The third kappa shape index (κ3) is 9.80. The molecule has 240 valence electrons. The van der Waals surface area contributed by atoms with Crippen LogP contribution in [0.1, 0.15) is 132 Å². The number of unbranched alkanes of at least 4 members (excludes halogenated alkanes) is 10. The summed E-state index contributed by atoms with van der Waals surface area (Å²) in [5, 5.41) is 10.3. The van der Waals surface area contributed by atoms with Crippen molar-refractivity contribution in [1.82, 2.24) is 0 Å². The number of rotatable bonds is 20. The number of halogens is 1. The van der Waals surface area contributed by atoms with Crippen LogP contribution in [0, 0.1) is 0 Å². The van der Waals surface area contributed by atoms with Gasteiger partial charge in [0.15, 0.2) is 5.41 Å². The second-order valence-electron chi connectivity index (χ2n) is 12.0. The fourth-order valence-electron chi connectivity index (χ4n) is 5.77. The van der Waals surface area contributed by atoms with E-state index in [0.29, 0.717) is 6.61 Å². The van der Waals surface area contributed by atoms with Crippen molar-refractivity contribution in [3.8, 4) is 5.75 Å². The lowest BCUT2D eigenvalue weighted by Gasteiger charge is -2.31. The van der Waals surface area contributed by atoms with Gasteiger partial charge in [-0.2, -0.15) is 0 Å². The van der Waals surface area contributed by atoms with Crippen LogP contribution in [0.2, 0.25) is 0 Å². The predicted molar refractivity (Wildman–Crippen MR) is 175 cm³/mol. The summed E-state index contributed by atoms with van der Waals surface area (Å²) in [4.78, 5) is 25.9. The third-order valence-electron chi connectivity index (χ3n) is 8.47. The number of hydrogen-bond donors (Lipinski definition) is 1. The summed E-state index contributed by atoms with van der Waals surface area (Å²) in [6.45, 7) is 6.86. The summed E-state index contributed by atoms with van der Waals surface area (Å²) in [6.07, 6.45) is 18.9. The van der Waals surface area contributed by atoms with Gasteiger partial charge in [-0.15, -0.1) is 0 Å². The fraction of sp³-hybridized carbons (Fsp3) is 0.526. The molecule has 0 spiro atoms. The Hall–Kier alpha value is -3.41. The molecule has 5 nitrogen and oxygen atoms in total. The second-order valence-corrected chi connectivity index (χ2v) is 12.0. The molecule has 2 aromatic carbocycles. The molecule has 0 fully saturated rings. The molecule has 6 heteroatoms. The molecule has 1 aliphatic rings. The molecule has 1 N–H and O–H groups in total. The first-order valence-electron chi connectivity index (χ1n) is 16.7. The van der Waals surface area contributed by atoms with Gasteiger partial charge in [0, 0.05) is 5.92 Å². The van der Waals surface area contributed by atoms with Crippen LogP contribution < -0.4 is 4.74 Å². The minimum atomic E-state index is -2.12. The topological polar surface area (TPSA) is 72.8 Å². The molecule has 0 heterocycles. The van der Waals surface area contributed by atoms with Gasteiger partial charge in [0.2, 0.25) is 0 Å². The van der Waals surface area contributed by atoms with E-state index in [2.05, 4.69) is 13.8 Å². The van der Waals surface area contributed by atoms with Crippen molar-refractivity contribution >= 4 is 11.9 Å². The number of esters is 1. The average molecular weight is 607 g/mol. The Morgan fingerprint density at radius 3 is 2.11 bits per heavy atom. The van der Waals surface area contributed by atoms with Crippen LogP contribution in [0.4, 0.5) is 4.39 Å². The first-order chi connectivity index (χ1) is 21.3. The molecule has 0 saturated carbocycles. The predicted octanol–water partition coefficient (Wildman–Crippen LogP) is 10.3. The van der Waals surface area contributed by atoms with E-state index in [9.17, 15) is 14.7 Å². The van der Waals surface area contributed by atoms with Gasteiger partial charge in [0.25, 0.3) is 0 Å². The van der Waals surface area contributed by atoms with Gasteiger partial charge in [-0.25, -0.2) is 9.18 Å². The summed E-state index contributed by atoms with van der Waals surface area (Å²) in [5.74, 6) is -2.56. The van der Waals surface area contributed by atoms with E-state index < -0.39 is 29.1 Å². The van der Waals surface area contributed by atoms with Gasteiger partial charge in [0.05, 0.1) is 18.3 Å². The maximum absolute atomic E-state index is 16.0. The summed E-state index contributed by atoms with van der Waals surface area (Å²) >= 11 is 0. The largest absolute Gasteiger partial charge is 0.494 e. The number of benzene rings is 2. The normalized spacial score (nSPS) is 18.5. The Balaban J connectivity index is 1.64. The molecular formula is C38H51FO5. The first-order valence-corrected chi connectivity index (χ1v) is 16.7. The molecule has 0 aliphatic heterocycles. The molecule has 44 heavy (non-hydrogen) atoms. The van der Waals surface area contributed by atoms with E-state index in [4.69, 9.17) is 9.47 Å². The highest BCUT2D eigenvalue weighted by Gasteiger charge is 2.47. The van der Waals surface area contributed by atoms with Crippen LogP contribution in [0.5, 0.6) is 5.75 Å². The highest BCUT2D eigenvalue weighted by molar-refractivity contribution is 5.97. The Bertz CT molecular complexity index is 1230. The Labute approximate surface area is 263 Å². The minimum Gasteiger partial charge on any atom is -0.494 e. The van der Waals surface area contributed by atoms with Crippen molar-refractivity contribution in [2.45, 2.75) is 122 Å². The molecule has 0 radical (unpaired) electrons. The molecule has 3 atom stereocenters. The zero-order chi connectivity index (χ0) is 31.8. The van der Waals surface area contributed by atoms with E-state index in [0.717, 1.165) is 56.3 Å². The van der Waals surface area contributed by atoms with Gasteiger partial charge in [0.1, 0.15) is 11.6 Å². The molecule has 0 bridgehead atoms. The second kappa shape index (κ2) is 18.4. The van der Waals surface area contributed by atoms with E-state index in [-0.39, 0.29) is 17.2 Å². The number of aliphatic carboxylic acids is 1. The molecule has 0 saturated heterocycles. The van der Waals surface area contributed by atoms with Gasteiger partial charge >= 0.3 is 11.9 Å². The SMILES string of the molecule is CCCCCCCCCCOc1ccc(C2C=CC(C(=O)O)(c3ccccc3C(=O)O[C@H](C)CCCCCC)C(F)=C2)cc1. The smallest absolute Gasteiger partial charge is 0.338 e. The number of ether oxygens (including phenoxy) is 2. The highest BCUT2D eigenvalue weighted by Crippen LogP contribution is 2.43. The van der Waals surface area contributed by atoms with Crippen molar-refractivity contribution in [3.05, 3.63) is 89.3 Å². The van der Waals surface area contributed by atoms with Gasteiger partial charge in [-0.1, -0.05) is 121 Å². The maximum atomic E-state index is 16.0. The van der Waals surface area contributed by atoms with Crippen LogP contribution in [-0.2, 0) is 14.9 Å². The highest BCUT2D eigenvalue weighted by atomic mass is 19.1. The maximum Gasteiger partial charge on any atom is 0.338 e. The summed E-state index contributed by atoms with van der Waals surface area (Å²) in [6, 6.07) is 13.7. The Kier molecular flexibility index (Phi) is 14.7. The Morgan fingerprint density at radius 1 is 0.864 bits per heavy atom. The van der Waals surface area contributed by atoms with Crippen molar-refractivity contribution in [3.63, 3.8) is 0 Å². The molecule has 2 unspecified atom stereocenters. The summed E-state index contributed by atoms with van der Waals surface area (Å²) in [7, 11) is 0. The minimum absolute atomic E-state index is 0.0555. The first kappa shape index (κ1) is 35.1.